The lowest BCUT2D eigenvalue weighted by Crippen LogP contribution is -2.15. The van der Waals surface area contributed by atoms with Gasteiger partial charge in [-0.1, -0.05) is 11.6 Å². The second-order valence-corrected chi connectivity index (χ2v) is 3.76. The highest BCUT2D eigenvalue weighted by molar-refractivity contribution is 6.29. The third kappa shape index (κ3) is 2.54. The largest absolute Gasteiger partial charge is 0.323 e. The van der Waals surface area contributed by atoms with Crippen LogP contribution in [0.15, 0.2) is 23.1 Å². The van der Waals surface area contributed by atoms with Crippen molar-refractivity contribution in [3.63, 3.8) is 0 Å². The molecule has 0 unspecified atom stereocenters. The van der Waals surface area contributed by atoms with Gasteiger partial charge in [0.05, 0.1) is 11.4 Å². The minimum absolute atomic E-state index is 0.157. The maximum absolute atomic E-state index is 11.7. The quantitative estimate of drug-likeness (QED) is 0.704. The van der Waals surface area contributed by atoms with Crippen LogP contribution in [0.5, 0.6) is 0 Å². The number of rotatable bonds is 2. The predicted molar refractivity (Wildman–Crippen MR) is 63.4 cm³/mol. The lowest BCUT2D eigenvalue weighted by Gasteiger charge is -2.06. The Hall–Kier alpha value is -2.08. The maximum Gasteiger partial charge on any atom is 0.323 e. The molecule has 88 valence electrons. The molecular formula is C10H9ClN4O2. The van der Waals surface area contributed by atoms with Crippen molar-refractivity contribution < 1.29 is 4.79 Å². The topological polar surface area (TPSA) is 90.6 Å². The van der Waals surface area contributed by atoms with Crippen LogP contribution in [-0.2, 0) is 0 Å². The number of halogens is 1. The lowest BCUT2D eigenvalue weighted by molar-refractivity contribution is 0.102. The van der Waals surface area contributed by atoms with Gasteiger partial charge in [-0.2, -0.15) is 0 Å². The first-order valence-corrected chi connectivity index (χ1v) is 5.16. The number of carbonyl (C=O) groups excluding carboxylic acids is 1. The first-order valence-electron chi connectivity index (χ1n) is 4.78. The van der Waals surface area contributed by atoms with E-state index in [2.05, 4.69) is 20.3 Å². The molecule has 0 radical (unpaired) electrons. The molecule has 0 aliphatic rings. The molecule has 0 saturated heterocycles. The van der Waals surface area contributed by atoms with Crippen LogP contribution in [-0.4, -0.2) is 20.9 Å². The fourth-order valence-electron chi connectivity index (χ4n) is 1.31. The number of anilines is 1. The van der Waals surface area contributed by atoms with E-state index in [0.29, 0.717) is 16.5 Å². The summed E-state index contributed by atoms with van der Waals surface area (Å²) in [4.78, 5) is 31.2. The van der Waals surface area contributed by atoms with Crippen LogP contribution < -0.4 is 11.0 Å². The van der Waals surface area contributed by atoms with Crippen molar-refractivity contribution in [1.82, 2.24) is 15.0 Å². The number of aryl methyl sites for hydroxylation is 1. The van der Waals surface area contributed by atoms with Gasteiger partial charge >= 0.3 is 5.69 Å². The Morgan fingerprint density at radius 3 is 2.82 bits per heavy atom. The number of aromatic nitrogens is 3. The highest BCUT2D eigenvalue weighted by atomic mass is 35.5. The monoisotopic (exact) mass is 252 g/mol. The number of imidazole rings is 1. The number of amides is 1. The minimum Gasteiger partial charge on any atom is -0.319 e. The van der Waals surface area contributed by atoms with Gasteiger partial charge in [-0.05, 0) is 19.1 Å². The van der Waals surface area contributed by atoms with Gasteiger partial charge in [-0.15, -0.1) is 0 Å². The Balaban J connectivity index is 2.21. The number of hydrogen-bond donors (Lipinski definition) is 3. The summed E-state index contributed by atoms with van der Waals surface area (Å²) in [6.45, 7) is 1.72. The van der Waals surface area contributed by atoms with Crippen LogP contribution >= 0.6 is 11.6 Å². The van der Waals surface area contributed by atoms with Gasteiger partial charge < -0.3 is 15.3 Å². The Morgan fingerprint density at radius 1 is 1.47 bits per heavy atom. The van der Waals surface area contributed by atoms with Gasteiger partial charge in [0, 0.05) is 6.20 Å². The summed E-state index contributed by atoms with van der Waals surface area (Å²) in [5, 5.41) is 2.97. The summed E-state index contributed by atoms with van der Waals surface area (Å²) < 4.78 is 0. The Bertz CT molecular complexity index is 617. The zero-order chi connectivity index (χ0) is 12.4. The summed E-state index contributed by atoms with van der Waals surface area (Å²) in [7, 11) is 0. The second kappa shape index (κ2) is 4.42. The standard InChI is InChI=1S/C10H9ClN4O2/c1-5-6(2-3-8(11)13-5)14-9(16)7-4-12-10(17)15-7/h2-4H,1H3,(H,14,16)(H2,12,15,17). The molecule has 2 aromatic rings. The van der Waals surface area contributed by atoms with Crippen molar-refractivity contribution in [2.75, 3.05) is 5.32 Å². The molecule has 0 aliphatic heterocycles. The van der Waals surface area contributed by atoms with Crippen LogP contribution in [0.25, 0.3) is 0 Å². The number of H-pyrrole nitrogens is 2. The van der Waals surface area contributed by atoms with E-state index >= 15 is 0 Å². The summed E-state index contributed by atoms with van der Waals surface area (Å²) in [6, 6.07) is 3.22. The molecule has 2 heterocycles. The molecule has 0 fully saturated rings. The fraction of sp³-hybridized carbons (Fsp3) is 0.100. The average Bonchev–Trinajstić information content (AvgIpc) is 2.69. The number of aromatic amines is 2. The molecule has 3 N–H and O–H groups in total. The van der Waals surface area contributed by atoms with Crippen LogP contribution in [0.1, 0.15) is 16.2 Å². The number of nitrogens with zero attached hydrogens (tertiary/aromatic N) is 1. The van der Waals surface area contributed by atoms with Gasteiger partial charge in [-0.25, -0.2) is 9.78 Å². The second-order valence-electron chi connectivity index (χ2n) is 3.38. The first-order chi connectivity index (χ1) is 8.06. The number of carbonyl (C=O) groups is 1. The van der Waals surface area contributed by atoms with E-state index in [1.54, 1.807) is 19.1 Å². The molecule has 7 heteroatoms. The van der Waals surface area contributed by atoms with Gasteiger partial charge in [0.2, 0.25) is 0 Å². The SMILES string of the molecule is Cc1nc(Cl)ccc1NC(=O)c1c[nH]c(=O)[nH]1. The molecule has 17 heavy (non-hydrogen) atoms. The van der Waals surface area contributed by atoms with Crippen LogP contribution in [0, 0.1) is 6.92 Å². The third-order valence-corrected chi connectivity index (χ3v) is 2.35. The van der Waals surface area contributed by atoms with Crippen molar-refractivity contribution in [3.8, 4) is 0 Å². The first kappa shape index (κ1) is 11.4. The highest BCUT2D eigenvalue weighted by Gasteiger charge is 2.10. The molecule has 0 bridgehead atoms. The zero-order valence-electron chi connectivity index (χ0n) is 8.87. The Kier molecular flexibility index (Phi) is 2.97. The summed E-state index contributed by atoms with van der Waals surface area (Å²) in [5.74, 6) is -0.421. The molecule has 2 aromatic heterocycles. The summed E-state index contributed by atoms with van der Waals surface area (Å²) in [5.41, 5.74) is 0.871. The fourth-order valence-corrected chi connectivity index (χ4v) is 1.50. The molecule has 6 nitrogen and oxygen atoms in total. The average molecular weight is 253 g/mol. The van der Waals surface area contributed by atoms with E-state index in [0.717, 1.165) is 0 Å². The van der Waals surface area contributed by atoms with Crippen molar-refractivity contribution >= 4 is 23.2 Å². The Labute approximate surface area is 101 Å². The van der Waals surface area contributed by atoms with E-state index < -0.39 is 11.6 Å². The number of nitrogens with one attached hydrogen (secondary N) is 3. The molecule has 0 saturated carbocycles. The molecule has 0 atom stereocenters. The van der Waals surface area contributed by atoms with Crippen molar-refractivity contribution in [1.29, 1.82) is 0 Å². The van der Waals surface area contributed by atoms with Gasteiger partial charge in [0.25, 0.3) is 5.91 Å². The maximum atomic E-state index is 11.7. The Morgan fingerprint density at radius 2 is 2.24 bits per heavy atom. The van der Waals surface area contributed by atoms with E-state index in [9.17, 15) is 9.59 Å². The van der Waals surface area contributed by atoms with E-state index in [1.165, 1.54) is 6.20 Å². The highest BCUT2D eigenvalue weighted by Crippen LogP contribution is 2.16. The van der Waals surface area contributed by atoms with Crippen LogP contribution in [0.2, 0.25) is 5.15 Å². The van der Waals surface area contributed by atoms with Crippen LogP contribution in [0.4, 0.5) is 5.69 Å². The lowest BCUT2D eigenvalue weighted by atomic mass is 10.3. The predicted octanol–water partition coefficient (Wildman–Crippen LogP) is 1.31. The van der Waals surface area contributed by atoms with Crippen molar-refractivity contribution in [2.24, 2.45) is 0 Å². The van der Waals surface area contributed by atoms with Crippen molar-refractivity contribution in [3.05, 3.63) is 45.4 Å². The third-order valence-electron chi connectivity index (χ3n) is 2.14. The van der Waals surface area contributed by atoms with Gasteiger partial charge in [-0.3, -0.25) is 4.79 Å². The smallest absolute Gasteiger partial charge is 0.319 e. The number of hydrogen-bond acceptors (Lipinski definition) is 3. The summed E-state index contributed by atoms with van der Waals surface area (Å²) in [6.07, 6.45) is 1.30. The molecule has 2 rings (SSSR count). The summed E-state index contributed by atoms with van der Waals surface area (Å²) >= 11 is 5.70. The van der Waals surface area contributed by atoms with E-state index in [-0.39, 0.29) is 5.69 Å². The van der Waals surface area contributed by atoms with Gasteiger partial charge in [0.1, 0.15) is 10.8 Å². The molecule has 0 spiro atoms. The zero-order valence-corrected chi connectivity index (χ0v) is 9.63. The van der Waals surface area contributed by atoms with E-state index in [1.807, 2.05) is 0 Å². The van der Waals surface area contributed by atoms with Crippen LogP contribution in [0.3, 0.4) is 0 Å². The minimum atomic E-state index is -0.430. The molecule has 1 amide bonds. The van der Waals surface area contributed by atoms with Gasteiger partial charge in [0.15, 0.2) is 0 Å². The van der Waals surface area contributed by atoms with Crippen molar-refractivity contribution in [2.45, 2.75) is 6.92 Å². The molecule has 0 aliphatic carbocycles. The molecular weight excluding hydrogens is 244 g/mol. The molecule has 0 aromatic carbocycles. The normalized spacial score (nSPS) is 10.2. The van der Waals surface area contributed by atoms with E-state index in [4.69, 9.17) is 11.6 Å². The number of pyridine rings is 1.